The van der Waals surface area contributed by atoms with E-state index in [-0.39, 0.29) is 5.71 Å². The Morgan fingerprint density at radius 1 is 1.09 bits per heavy atom. The van der Waals surface area contributed by atoms with E-state index in [4.69, 9.17) is 0 Å². The molecule has 114 valence electrons. The van der Waals surface area contributed by atoms with Gasteiger partial charge in [0.15, 0.2) is 0 Å². The van der Waals surface area contributed by atoms with Crippen molar-refractivity contribution in [2.75, 3.05) is 5.43 Å². The molecule has 3 nitrogen and oxygen atoms in total. The molecule has 0 amide bonds. The van der Waals surface area contributed by atoms with E-state index < -0.39 is 12.2 Å². The highest BCUT2D eigenvalue weighted by molar-refractivity contribution is 9.11. The number of nitrogens with one attached hydrogen (secondary N) is 1. The van der Waals surface area contributed by atoms with Gasteiger partial charge in [-0.2, -0.15) is 5.10 Å². The van der Waals surface area contributed by atoms with Crippen LogP contribution in [0.1, 0.15) is 5.56 Å². The van der Waals surface area contributed by atoms with Crippen molar-refractivity contribution in [3.63, 3.8) is 0 Å². The predicted octanol–water partition coefficient (Wildman–Crippen LogP) is 4.86. The van der Waals surface area contributed by atoms with Gasteiger partial charge < -0.3 is 0 Å². The van der Waals surface area contributed by atoms with Gasteiger partial charge in [-0.15, -0.1) is 0 Å². The second-order valence-corrected chi connectivity index (χ2v) is 6.00. The van der Waals surface area contributed by atoms with Crippen LogP contribution in [0.25, 0.3) is 0 Å². The fraction of sp³-hybridized carbons (Fsp3) is 0.0667. The second-order valence-electron chi connectivity index (χ2n) is 4.23. The van der Waals surface area contributed by atoms with E-state index in [1.807, 2.05) is 0 Å². The van der Waals surface area contributed by atoms with Gasteiger partial charge >= 0.3 is 6.43 Å². The topological polar surface area (TPSA) is 41.5 Å². The molecule has 0 bridgehead atoms. The smallest absolute Gasteiger partial charge is 0.286 e. The number of benzene rings is 2. The van der Waals surface area contributed by atoms with Gasteiger partial charge in [-0.3, -0.25) is 10.2 Å². The second kappa shape index (κ2) is 7.60. The molecule has 0 saturated heterocycles. The first-order valence-electron chi connectivity index (χ1n) is 6.15. The number of nitrogens with zero attached hydrogens (tertiary/aromatic N) is 1. The lowest BCUT2D eigenvalue weighted by atomic mass is 10.1. The van der Waals surface area contributed by atoms with Gasteiger partial charge in [-0.1, -0.05) is 46.3 Å². The summed E-state index contributed by atoms with van der Waals surface area (Å²) >= 11 is 6.63. The van der Waals surface area contributed by atoms with E-state index >= 15 is 0 Å². The average molecular weight is 432 g/mol. The van der Waals surface area contributed by atoms with Crippen LogP contribution in [-0.4, -0.2) is 17.9 Å². The Balaban J connectivity index is 2.35. The molecule has 1 N–H and O–H groups in total. The lowest BCUT2D eigenvalue weighted by Crippen LogP contribution is -2.24. The Morgan fingerprint density at radius 2 is 1.77 bits per heavy atom. The molecule has 2 aromatic carbocycles. The first-order valence-corrected chi connectivity index (χ1v) is 7.74. The Kier molecular flexibility index (Phi) is 5.79. The van der Waals surface area contributed by atoms with E-state index in [0.29, 0.717) is 15.7 Å². The lowest BCUT2D eigenvalue weighted by Gasteiger charge is -2.08. The molecule has 0 atom stereocenters. The molecule has 0 heterocycles. The van der Waals surface area contributed by atoms with Crippen LogP contribution in [0.3, 0.4) is 0 Å². The molecule has 0 aliphatic heterocycles. The largest absolute Gasteiger partial charge is 0.302 e. The number of alkyl halides is 2. The minimum atomic E-state index is -3.12. The summed E-state index contributed by atoms with van der Waals surface area (Å²) in [5.41, 5.74) is 3.21. The van der Waals surface area contributed by atoms with E-state index in [2.05, 4.69) is 42.4 Å². The Bertz CT molecular complexity index is 706. The summed E-state index contributed by atoms with van der Waals surface area (Å²) < 4.78 is 27.0. The molecule has 0 unspecified atom stereocenters. The first kappa shape index (κ1) is 16.8. The molecule has 2 aromatic rings. The van der Waals surface area contributed by atoms with Crippen molar-refractivity contribution in [1.29, 1.82) is 0 Å². The van der Waals surface area contributed by atoms with Crippen molar-refractivity contribution in [2.24, 2.45) is 5.10 Å². The summed E-state index contributed by atoms with van der Waals surface area (Å²) in [6.45, 7) is 0. The van der Waals surface area contributed by atoms with Crippen LogP contribution < -0.4 is 5.43 Å². The Hall–Kier alpha value is -1.60. The van der Waals surface area contributed by atoms with Gasteiger partial charge in [0.05, 0.1) is 5.69 Å². The molecular weight excluding hydrogens is 422 g/mol. The highest BCUT2D eigenvalue weighted by Gasteiger charge is 2.23. The average Bonchev–Trinajstić information content (AvgIpc) is 2.50. The van der Waals surface area contributed by atoms with E-state index in [9.17, 15) is 13.6 Å². The fourth-order valence-corrected chi connectivity index (χ4v) is 2.79. The molecule has 7 heteroatoms. The molecule has 0 aromatic heterocycles. The molecule has 0 radical (unpaired) electrons. The third-order valence-electron chi connectivity index (χ3n) is 2.70. The quantitative estimate of drug-likeness (QED) is 0.542. The lowest BCUT2D eigenvalue weighted by molar-refractivity contribution is -0.122. The number of anilines is 1. The zero-order valence-electron chi connectivity index (χ0n) is 11.1. The van der Waals surface area contributed by atoms with Crippen LogP contribution in [0.2, 0.25) is 0 Å². The van der Waals surface area contributed by atoms with E-state index in [0.717, 1.165) is 4.47 Å². The normalized spacial score (nSPS) is 11.6. The molecule has 0 fully saturated rings. The van der Waals surface area contributed by atoms with Crippen molar-refractivity contribution >= 4 is 49.0 Å². The summed E-state index contributed by atoms with van der Waals surface area (Å²) in [5.74, 6) is -1.33. The Morgan fingerprint density at radius 3 is 2.36 bits per heavy atom. The maximum atomic E-state index is 12.7. The summed E-state index contributed by atoms with van der Waals surface area (Å²) in [7, 11) is 0. The maximum absolute atomic E-state index is 12.7. The van der Waals surface area contributed by atoms with E-state index in [1.54, 1.807) is 48.5 Å². The van der Waals surface area contributed by atoms with E-state index in [1.165, 1.54) is 0 Å². The number of halogens is 4. The van der Waals surface area contributed by atoms with Crippen LogP contribution in [0.4, 0.5) is 14.5 Å². The molecular formula is C15H10Br2F2N2O. The van der Waals surface area contributed by atoms with Crippen molar-refractivity contribution < 1.29 is 13.6 Å². The number of hydrogen-bond acceptors (Lipinski definition) is 3. The van der Waals surface area contributed by atoms with Crippen LogP contribution in [0, 0.1) is 0 Å². The van der Waals surface area contributed by atoms with Crippen LogP contribution >= 0.6 is 31.9 Å². The highest BCUT2D eigenvalue weighted by Crippen LogP contribution is 2.26. The van der Waals surface area contributed by atoms with Crippen molar-refractivity contribution in [3.05, 3.63) is 63.0 Å². The van der Waals surface area contributed by atoms with Gasteiger partial charge in [-0.05, 0) is 34.1 Å². The fourth-order valence-electron chi connectivity index (χ4n) is 1.66. The summed E-state index contributed by atoms with van der Waals surface area (Å²) in [6.07, 6.45) is -3.12. The van der Waals surface area contributed by atoms with Gasteiger partial charge in [0.1, 0.15) is 5.71 Å². The predicted molar refractivity (Wildman–Crippen MR) is 89.5 cm³/mol. The number of hydrogen-bond donors (Lipinski definition) is 1. The molecule has 0 saturated carbocycles. The number of hydrazone groups is 1. The van der Waals surface area contributed by atoms with Crippen molar-refractivity contribution in [1.82, 2.24) is 0 Å². The van der Waals surface area contributed by atoms with Crippen LogP contribution in [0.5, 0.6) is 0 Å². The number of ketones is 1. The molecule has 0 spiro atoms. The van der Waals surface area contributed by atoms with Crippen molar-refractivity contribution in [2.45, 2.75) is 6.43 Å². The zero-order chi connectivity index (χ0) is 16.1. The molecule has 0 aliphatic rings. The minimum absolute atomic E-state index is 0.314. The third-order valence-corrected chi connectivity index (χ3v) is 3.85. The highest BCUT2D eigenvalue weighted by atomic mass is 79.9. The van der Waals surface area contributed by atoms with Gasteiger partial charge in [0.25, 0.3) is 0 Å². The maximum Gasteiger partial charge on any atom is 0.302 e. The monoisotopic (exact) mass is 430 g/mol. The minimum Gasteiger partial charge on any atom is -0.286 e. The number of carbonyl (C=O) groups excluding carboxylic acids is 1. The molecule has 0 aliphatic carbocycles. The summed E-state index contributed by atoms with van der Waals surface area (Å²) in [5, 5.41) is 3.87. The molecule has 22 heavy (non-hydrogen) atoms. The first-order chi connectivity index (χ1) is 10.5. The standard InChI is InChI=1S/C15H10Br2F2N2O/c16-10-6-7-12(11(17)8-10)20-21-13(14(22)15(18)19)9-4-2-1-3-5-9/h1-8,15,20H/b21-13+. The molecule has 2 rings (SSSR count). The van der Waals surface area contributed by atoms with Crippen molar-refractivity contribution in [3.8, 4) is 0 Å². The SMILES string of the molecule is O=C(/C(=N/Nc1ccc(Br)cc1Br)c1ccccc1)C(F)F. The van der Waals surface area contributed by atoms with Gasteiger partial charge in [0.2, 0.25) is 5.78 Å². The summed E-state index contributed by atoms with van der Waals surface area (Å²) in [6, 6.07) is 13.4. The number of Topliss-reactive ketones (excluding diaryl/α,β-unsaturated/α-hetero) is 1. The van der Waals surface area contributed by atoms with Crippen LogP contribution in [-0.2, 0) is 4.79 Å². The van der Waals surface area contributed by atoms with Gasteiger partial charge in [-0.25, -0.2) is 8.78 Å². The zero-order valence-corrected chi connectivity index (χ0v) is 14.2. The Labute approximate surface area is 142 Å². The van der Waals surface area contributed by atoms with Gasteiger partial charge in [0, 0.05) is 14.5 Å². The number of rotatable bonds is 5. The number of carbonyl (C=O) groups is 1. The van der Waals surface area contributed by atoms with Crippen LogP contribution in [0.15, 0.2) is 62.6 Å². The third kappa shape index (κ3) is 4.20. The summed E-state index contributed by atoms with van der Waals surface area (Å²) in [4.78, 5) is 11.7.